The number of unbranched alkanes of at least 4 members (excludes halogenated alkanes) is 2. The van der Waals surface area contributed by atoms with Crippen LogP contribution in [0.3, 0.4) is 0 Å². The van der Waals surface area contributed by atoms with Crippen LogP contribution < -0.4 is 5.32 Å². The summed E-state index contributed by atoms with van der Waals surface area (Å²) in [6.07, 6.45) is 4.48. The molecule has 0 rings (SSSR count). The molecule has 84 valence electrons. The molecule has 0 fully saturated rings. The molecule has 0 saturated heterocycles. The van der Waals surface area contributed by atoms with Crippen molar-refractivity contribution in [2.75, 3.05) is 19.6 Å². The Bertz CT molecular complexity index is 140. The second-order valence-corrected chi connectivity index (χ2v) is 3.53. The molecule has 0 spiro atoms. The molecule has 0 aliphatic heterocycles. The molecule has 0 bridgehead atoms. The van der Waals surface area contributed by atoms with Crippen molar-refractivity contribution >= 4 is 6.03 Å². The molecule has 0 unspecified atom stereocenters. The lowest BCUT2D eigenvalue weighted by atomic mass is 10.3. The molecular weight excluding hydrogens is 176 g/mol. The summed E-state index contributed by atoms with van der Waals surface area (Å²) in [6.45, 7) is 8.75. The third kappa shape index (κ3) is 5.84. The van der Waals surface area contributed by atoms with Gasteiger partial charge >= 0.3 is 6.03 Å². The van der Waals surface area contributed by atoms with Gasteiger partial charge in [0.2, 0.25) is 0 Å². The number of rotatable bonds is 7. The highest BCUT2D eigenvalue weighted by Gasteiger charge is 2.10. The number of carbonyl (C=O) groups excluding carboxylic acids is 1. The van der Waals surface area contributed by atoms with Crippen LogP contribution in [0.15, 0.2) is 0 Å². The summed E-state index contributed by atoms with van der Waals surface area (Å²) in [5.74, 6) is 0. The summed E-state index contributed by atoms with van der Waals surface area (Å²) in [5.41, 5.74) is 0. The van der Waals surface area contributed by atoms with Crippen LogP contribution in [0.4, 0.5) is 4.79 Å². The SMILES string of the molecule is CCCCN(CCCC)C(=O)NCC. The van der Waals surface area contributed by atoms with Crippen molar-refractivity contribution in [3.05, 3.63) is 0 Å². The van der Waals surface area contributed by atoms with E-state index in [1.54, 1.807) is 0 Å². The van der Waals surface area contributed by atoms with Crippen LogP contribution in [0, 0.1) is 0 Å². The number of nitrogens with one attached hydrogen (secondary N) is 1. The van der Waals surface area contributed by atoms with Crippen LogP contribution in [-0.2, 0) is 0 Å². The van der Waals surface area contributed by atoms with E-state index in [1.165, 1.54) is 0 Å². The normalized spacial score (nSPS) is 9.93. The topological polar surface area (TPSA) is 32.3 Å². The zero-order valence-corrected chi connectivity index (χ0v) is 9.81. The summed E-state index contributed by atoms with van der Waals surface area (Å²) < 4.78 is 0. The fourth-order valence-electron chi connectivity index (χ4n) is 1.28. The molecule has 0 radical (unpaired) electrons. The average Bonchev–Trinajstić information content (AvgIpc) is 2.18. The number of carbonyl (C=O) groups is 1. The van der Waals surface area contributed by atoms with Gasteiger partial charge in [0.1, 0.15) is 0 Å². The van der Waals surface area contributed by atoms with Crippen LogP contribution in [0.25, 0.3) is 0 Å². The van der Waals surface area contributed by atoms with Crippen molar-refractivity contribution in [1.82, 2.24) is 10.2 Å². The fourth-order valence-corrected chi connectivity index (χ4v) is 1.28. The second kappa shape index (κ2) is 8.85. The first-order chi connectivity index (χ1) is 6.76. The molecule has 3 nitrogen and oxygen atoms in total. The van der Waals surface area contributed by atoms with Crippen LogP contribution in [0.2, 0.25) is 0 Å². The minimum Gasteiger partial charge on any atom is -0.338 e. The lowest BCUT2D eigenvalue weighted by Crippen LogP contribution is -2.40. The summed E-state index contributed by atoms with van der Waals surface area (Å²) in [7, 11) is 0. The van der Waals surface area contributed by atoms with E-state index in [1.807, 2.05) is 11.8 Å². The number of hydrogen-bond acceptors (Lipinski definition) is 1. The van der Waals surface area contributed by atoms with Gasteiger partial charge in [-0.3, -0.25) is 0 Å². The molecule has 1 N–H and O–H groups in total. The molecular formula is C11H24N2O. The molecule has 0 atom stereocenters. The smallest absolute Gasteiger partial charge is 0.317 e. The molecule has 0 heterocycles. The Morgan fingerprint density at radius 3 is 1.93 bits per heavy atom. The van der Waals surface area contributed by atoms with E-state index in [4.69, 9.17) is 0 Å². The van der Waals surface area contributed by atoms with E-state index >= 15 is 0 Å². The molecule has 14 heavy (non-hydrogen) atoms. The first-order valence-corrected chi connectivity index (χ1v) is 5.79. The number of hydrogen-bond donors (Lipinski definition) is 1. The van der Waals surface area contributed by atoms with Crippen molar-refractivity contribution < 1.29 is 4.79 Å². The Kier molecular flexibility index (Phi) is 8.39. The van der Waals surface area contributed by atoms with E-state index < -0.39 is 0 Å². The maximum Gasteiger partial charge on any atom is 0.317 e. The van der Waals surface area contributed by atoms with Gasteiger partial charge in [-0.25, -0.2) is 4.79 Å². The Morgan fingerprint density at radius 1 is 1.07 bits per heavy atom. The number of amides is 2. The largest absolute Gasteiger partial charge is 0.338 e. The molecule has 0 saturated carbocycles. The van der Waals surface area contributed by atoms with Crippen LogP contribution in [0.5, 0.6) is 0 Å². The summed E-state index contributed by atoms with van der Waals surface area (Å²) >= 11 is 0. The first kappa shape index (κ1) is 13.3. The third-order valence-electron chi connectivity index (χ3n) is 2.18. The van der Waals surface area contributed by atoms with Crippen molar-refractivity contribution in [1.29, 1.82) is 0 Å². The Labute approximate surface area is 87.9 Å². The maximum atomic E-state index is 11.6. The van der Waals surface area contributed by atoms with Gasteiger partial charge in [0, 0.05) is 19.6 Å². The highest BCUT2D eigenvalue weighted by atomic mass is 16.2. The fraction of sp³-hybridized carbons (Fsp3) is 0.909. The minimum absolute atomic E-state index is 0.0920. The average molecular weight is 200 g/mol. The number of nitrogens with zero attached hydrogens (tertiary/aromatic N) is 1. The Hall–Kier alpha value is -0.730. The minimum atomic E-state index is 0.0920. The lowest BCUT2D eigenvalue weighted by Gasteiger charge is -2.22. The van der Waals surface area contributed by atoms with Gasteiger partial charge < -0.3 is 10.2 Å². The van der Waals surface area contributed by atoms with Gasteiger partial charge in [-0.1, -0.05) is 26.7 Å². The second-order valence-electron chi connectivity index (χ2n) is 3.53. The quantitative estimate of drug-likeness (QED) is 0.673. The molecule has 0 aromatic rings. The van der Waals surface area contributed by atoms with Crippen molar-refractivity contribution in [3.8, 4) is 0 Å². The molecule has 0 aliphatic rings. The molecule has 2 amide bonds. The Balaban J connectivity index is 3.88. The van der Waals surface area contributed by atoms with Crippen molar-refractivity contribution in [2.24, 2.45) is 0 Å². The van der Waals surface area contributed by atoms with Crippen LogP contribution in [0.1, 0.15) is 46.5 Å². The van der Waals surface area contributed by atoms with E-state index in [2.05, 4.69) is 19.2 Å². The highest BCUT2D eigenvalue weighted by Crippen LogP contribution is 1.99. The summed E-state index contributed by atoms with van der Waals surface area (Å²) in [5, 5.41) is 2.85. The van der Waals surface area contributed by atoms with Crippen LogP contribution >= 0.6 is 0 Å². The van der Waals surface area contributed by atoms with Gasteiger partial charge in [-0.15, -0.1) is 0 Å². The van der Waals surface area contributed by atoms with E-state index in [9.17, 15) is 4.79 Å². The van der Waals surface area contributed by atoms with E-state index in [0.29, 0.717) is 6.54 Å². The highest BCUT2D eigenvalue weighted by molar-refractivity contribution is 5.74. The summed E-state index contributed by atoms with van der Waals surface area (Å²) in [6, 6.07) is 0.0920. The molecule has 0 aromatic carbocycles. The van der Waals surface area contributed by atoms with Gasteiger partial charge in [-0.2, -0.15) is 0 Å². The monoisotopic (exact) mass is 200 g/mol. The lowest BCUT2D eigenvalue weighted by molar-refractivity contribution is 0.196. The van der Waals surface area contributed by atoms with Crippen molar-refractivity contribution in [3.63, 3.8) is 0 Å². The summed E-state index contributed by atoms with van der Waals surface area (Å²) in [4.78, 5) is 13.5. The van der Waals surface area contributed by atoms with E-state index in [0.717, 1.165) is 38.8 Å². The number of urea groups is 1. The third-order valence-corrected chi connectivity index (χ3v) is 2.18. The predicted molar refractivity (Wildman–Crippen MR) is 60.5 cm³/mol. The zero-order chi connectivity index (χ0) is 10.8. The maximum absolute atomic E-state index is 11.6. The standard InChI is InChI=1S/C11H24N2O/c1-4-7-9-13(10-8-5-2)11(14)12-6-3/h4-10H2,1-3H3,(H,12,14). The van der Waals surface area contributed by atoms with Gasteiger partial charge in [-0.05, 0) is 19.8 Å². The molecule has 0 aromatic heterocycles. The molecule has 0 aliphatic carbocycles. The Morgan fingerprint density at radius 2 is 1.57 bits per heavy atom. The molecule has 3 heteroatoms. The van der Waals surface area contributed by atoms with Crippen LogP contribution in [-0.4, -0.2) is 30.6 Å². The van der Waals surface area contributed by atoms with Crippen molar-refractivity contribution in [2.45, 2.75) is 46.5 Å². The van der Waals surface area contributed by atoms with Gasteiger partial charge in [0.15, 0.2) is 0 Å². The van der Waals surface area contributed by atoms with E-state index in [-0.39, 0.29) is 6.03 Å². The zero-order valence-electron chi connectivity index (χ0n) is 9.81. The first-order valence-electron chi connectivity index (χ1n) is 5.79. The van der Waals surface area contributed by atoms with Gasteiger partial charge in [0.25, 0.3) is 0 Å². The van der Waals surface area contributed by atoms with Gasteiger partial charge in [0.05, 0.1) is 0 Å². The predicted octanol–water partition coefficient (Wildman–Crippen LogP) is 2.62.